The van der Waals surface area contributed by atoms with Crippen LogP contribution in [0.1, 0.15) is 48.6 Å². The van der Waals surface area contributed by atoms with Gasteiger partial charge in [0, 0.05) is 66.3 Å². The van der Waals surface area contributed by atoms with Crippen LogP contribution in [-0.2, 0) is 4.74 Å². The smallest absolute Gasteiger partial charge is 0.186 e. The Hall–Kier alpha value is -3.01. The largest absolute Gasteiger partial charge is 0.507 e. The van der Waals surface area contributed by atoms with E-state index in [4.69, 9.17) is 14.9 Å². The van der Waals surface area contributed by atoms with Crippen molar-refractivity contribution in [1.82, 2.24) is 14.8 Å². The van der Waals surface area contributed by atoms with Crippen molar-refractivity contribution >= 4 is 21.7 Å². The van der Waals surface area contributed by atoms with Gasteiger partial charge in [-0.1, -0.05) is 24.3 Å². The molecular weight excluding hydrogens is 456 g/mol. The number of furan rings is 1. The zero-order chi connectivity index (χ0) is 25.4. The number of piperazine rings is 1. The van der Waals surface area contributed by atoms with Gasteiger partial charge in [-0.15, -0.1) is 0 Å². The van der Waals surface area contributed by atoms with E-state index >= 15 is 0 Å². The van der Waals surface area contributed by atoms with Crippen LogP contribution in [0.4, 0.5) is 0 Å². The summed E-state index contributed by atoms with van der Waals surface area (Å²) in [7, 11) is 0. The molecule has 0 amide bonds. The third-order valence-corrected chi connectivity index (χ3v) is 7.32. The molecule has 2 unspecified atom stereocenters. The second kappa shape index (κ2) is 10.2. The monoisotopic (exact) mass is 490 g/mol. The molecule has 1 saturated heterocycles. The molecule has 190 valence electrons. The van der Waals surface area contributed by atoms with Crippen LogP contribution in [-0.4, -0.2) is 63.9 Å². The number of aliphatic hydroxyl groups is 1. The molecule has 4 N–H and O–H groups in total. The second-order valence-corrected chi connectivity index (χ2v) is 9.62. The third-order valence-electron chi connectivity index (χ3n) is 7.32. The normalized spacial score (nSPS) is 17.3. The summed E-state index contributed by atoms with van der Waals surface area (Å²) in [6.07, 6.45) is 2.26. The van der Waals surface area contributed by atoms with Gasteiger partial charge in [0.1, 0.15) is 17.1 Å². The molecule has 1 fully saturated rings. The Bertz CT molecular complexity index is 1350. The van der Waals surface area contributed by atoms with Gasteiger partial charge in [0.2, 0.25) is 0 Å². The molecular formula is C28H34N4O4. The fourth-order valence-corrected chi connectivity index (χ4v) is 5.52. The second-order valence-electron chi connectivity index (χ2n) is 9.62. The lowest BCUT2D eigenvalue weighted by molar-refractivity contribution is -0.100. The highest BCUT2D eigenvalue weighted by Crippen LogP contribution is 2.48. The lowest BCUT2D eigenvalue weighted by Gasteiger charge is -2.41. The van der Waals surface area contributed by atoms with Crippen LogP contribution < -0.4 is 5.73 Å². The predicted molar refractivity (Wildman–Crippen MR) is 140 cm³/mol. The van der Waals surface area contributed by atoms with E-state index < -0.39 is 6.29 Å². The summed E-state index contributed by atoms with van der Waals surface area (Å²) in [6, 6.07) is 11.8. The Kier molecular flexibility index (Phi) is 6.96. The van der Waals surface area contributed by atoms with E-state index in [2.05, 4.69) is 28.6 Å². The zero-order valence-corrected chi connectivity index (χ0v) is 21.0. The Morgan fingerprint density at radius 2 is 1.64 bits per heavy atom. The summed E-state index contributed by atoms with van der Waals surface area (Å²) in [5.41, 5.74) is 8.42. The van der Waals surface area contributed by atoms with Crippen molar-refractivity contribution in [2.45, 2.75) is 39.1 Å². The van der Waals surface area contributed by atoms with Crippen molar-refractivity contribution in [3.8, 4) is 5.75 Å². The van der Waals surface area contributed by atoms with E-state index in [-0.39, 0.29) is 18.5 Å². The number of hydrogen-bond donors (Lipinski definition) is 3. The Balaban J connectivity index is 1.80. The van der Waals surface area contributed by atoms with Crippen LogP contribution >= 0.6 is 0 Å². The number of nitrogens with zero attached hydrogens (tertiary/aromatic N) is 3. The zero-order valence-electron chi connectivity index (χ0n) is 21.0. The van der Waals surface area contributed by atoms with Crippen LogP contribution in [0.5, 0.6) is 5.75 Å². The van der Waals surface area contributed by atoms with E-state index in [1.165, 1.54) is 0 Å². The number of ether oxygens (including phenoxy) is 1. The van der Waals surface area contributed by atoms with Gasteiger partial charge in [-0.2, -0.15) is 0 Å². The maximum atomic E-state index is 11.9. The highest BCUT2D eigenvalue weighted by molar-refractivity contribution is 6.11. The van der Waals surface area contributed by atoms with Gasteiger partial charge < -0.3 is 25.1 Å². The number of aromatic hydroxyl groups is 1. The molecule has 0 radical (unpaired) electrons. The standard InChI is InChI=1S/C28H34N4O4/c1-17(2)31-12-14-32(15-13-31)25(19-8-10-30-11-9-19)24-23-22(28(34)35-16-29)18(3)36-27(23)21-7-5-4-6-20(21)26(24)33/h4-11,17,25,28,33-34H,12-16,29H2,1-3H3. The van der Waals surface area contributed by atoms with Gasteiger partial charge in [0.05, 0.1) is 18.3 Å². The highest BCUT2D eigenvalue weighted by Gasteiger charge is 2.35. The van der Waals surface area contributed by atoms with Gasteiger partial charge >= 0.3 is 0 Å². The molecule has 1 aliphatic rings. The number of phenols is 1. The molecule has 0 aliphatic carbocycles. The number of aliphatic hydroxyl groups excluding tert-OH is 1. The van der Waals surface area contributed by atoms with Crippen LogP contribution in [0, 0.1) is 6.92 Å². The lowest BCUT2D eigenvalue weighted by Crippen LogP contribution is -2.50. The summed E-state index contributed by atoms with van der Waals surface area (Å²) in [6.45, 7) is 9.59. The fraction of sp³-hybridized carbons (Fsp3) is 0.393. The number of aromatic nitrogens is 1. The minimum Gasteiger partial charge on any atom is -0.507 e. The van der Waals surface area contributed by atoms with E-state index in [0.29, 0.717) is 39.3 Å². The number of aryl methyl sites for hydroxylation is 1. The van der Waals surface area contributed by atoms with Gasteiger partial charge in [0.25, 0.3) is 0 Å². The highest BCUT2D eigenvalue weighted by atomic mass is 16.6. The van der Waals surface area contributed by atoms with Crippen molar-refractivity contribution in [2.75, 3.05) is 32.9 Å². The molecule has 4 aromatic rings. The Labute approximate surface area is 210 Å². The lowest BCUT2D eigenvalue weighted by atomic mass is 9.88. The molecule has 5 rings (SSSR count). The molecule has 36 heavy (non-hydrogen) atoms. The molecule has 0 spiro atoms. The summed E-state index contributed by atoms with van der Waals surface area (Å²) < 4.78 is 11.7. The van der Waals surface area contributed by atoms with E-state index in [9.17, 15) is 10.2 Å². The molecule has 2 atom stereocenters. The first-order valence-corrected chi connectivity index (χ1v) is 12.5. The average Bonchev–Trinajstić information content (AvgIpc) is 3.24. The number of hydrogen-bond acceptors (Lipinski definition) is 8. The van der Waals surface area contributed by atoms with Crippen LogP contribution in [0.2, 0.25) is 0 Å². The molecule has 2 aromatic carbocycles. The van der Waals surface area contributed by atoms with E-state index in [0.717, 1.165) is 37.1 Å². The molecule has 0 bridgehead atoms. The number of phenolic OH excluding ortho intramolecular Hbond substituents is 1. The summed E-state index contributed by atoms with van der Waals surface area (Å²) >= 11 is 0. The number of nitrogens with two attached hydrogens (primary N) is 1. The van der Waals surface area contributed by atoms with Gasteiger partial charge in [-0.25, -0.2) is 0 Å². The molecule has 2 aromatic heterocycles. The fourth-order valence-electron chi connectivity index (χ4n) is 5.52. The quantitative estimate of drug-likeness (QED) is 0.333. The summed E-state index contributed by atoms with van der Waals surface area (Å²) in [4.78, 5) is 9.08. The summed E-state index contributed by atoms with van der Waals surface area (Å²) in [5.74, 6) is 0.703. The van der Waals surface area contributed by atoms with Crippen molar-refractivity contribution in [3.05, 3.63) is 71.2 Å². The van der Waals surface area contributed by atoms with Crippen molar-refractivity contribution in [3.63, 3.8) is 0 Å². The first-order valence-electron chi connectivity index (χ1n) is 12.5. The first kappa shape index (κ1) is 24.7. The van der Waals surface area contributed by atoms with Gasteiger partial charge in [-0.05, 0) is 38.5 Å². The number of rotatable bonds is 7. The maximum absolute atomic E-state index is 11.9. The molecule has 0 saturated carbocycles. The van der Waals surface area contributed by atoms with E-state index in [1.807, 2.05) is 36.4 Å². The number of pyridine rings is 1. The van der Waals surface area contributed by atoms with Crippen molar-refractivity contribution < 1.29 is 19.4 Å². The van der Waals surface area contributed by atoms with Crippen LogP contribution in [0.15, 0.2) is 53.2 Å². The Morgan fingerprint density at radius 3 is 2.28 bits per heavy atom. The number of fused-ring (bicyclic) bond motifs is 3. The maximum Gasteiger partial charge on any atom is 0.186 e. The van der Waals surface area contributed by atoms with Crippen LogP contribution in [0.3, 0.4) is 0 Å². The molecule has 1 aliphatic heterocycles. The van der Waals surface area contributed by atoms with Crippen LogP contribution in [0.25, 0.3) is 21.7 Å². The topological polar surface area (TPSA) is 108 Å². The summed E-state index contributed by atoms with van der Waals surface area (Å²) in [5, 5.41) is 25.0. The van der Waals surface area contributed by atoms with Crippen molar-refractivity contribution in [2.24, 2.45) is 5.73 Å². The van der Waals surface area contributed by atoms with Gasteiger partial charge in [-0.3, -0.25) is 14.8 Å². The molecule has 3 heterocycles. The third kappa shape index (κ3) is 4.25. The predicted octanol–water partition coefficient (Wildman–Crippen LogP) is 4.03. The minimum atomic E-state index is -1.29. The first-order chi connectivity index (χ1) is 17.4. The Morgan fingerprint density at radius 1 is 1.00 bits per heavy atom. The number of benzene rings is 2. The van der Waals surface area contributed by atoms with E-state index in [1.54, 1.807) is 19.3 Å². The SMILES string of the molecule is Cc1oc2c(c1C(O)OCN)c(C(c1ccncc1)N1CCN(C(C)C)CC1)c(O)c1ccccc12. The van der Waals surface area contributed by atoms with Gasteiger partial charge in [0.15, 0.2) is 6.29 Å². The minimum absolute atomic E-state index is 0.146. The van der Waals surface area contributed by atoms with Crippen molar-refractivity contribution in [1.29, 1.82) is 0 Å². The molecule has 8 nitrogen and oxygen atoms in total. The average molecular weight is 491 g/mol. The molecule has 8 heteroatoms.